The Morgan fingerprint density at radius 1 is 1.38 bits per heavy atom. The fourth-order valence-electron chi connectivity index (χ4n) is 2.32. The van der Waals surface area contributed by atoms with Crippen molar-refractivity contribution in [2.24, 2.45) is 0 Å². The van der Waals surface area contributed by atoms with Crippen LogP contribution in [0.3, 0.4) is 0 Å². The average Bonchev–Trinajstić information content (AvgIpc) is 2.36. The molecule has 0 saturated carbocycles. The number of amides is 1. The lowest BCUT2D eigenvalue weighted by molar-refractivity contribution is -0.0433. The molecule has 0 aromatic heterocycles. The maximum absolute atomic E-state index is 12.1. The highest BCUT2D eigenvalue weighted by molar-refractivity contribution is 5.68. The van der Waals surface area contributed by atoms with E-state index in [2.05, 4.69) is 0 Å². The van der Waals surface area contributed by atoms with E-state index in [4.69, 9.17) is 9.47 Å². The third-order valence-electron chi connectivity index (χ3n) is 3.17. The van der Waals surface area contributed by atoms with Gasteiger partial charge < -0.3 is 19.5 Å². The molecule has 0 bridgehead atoms. The summed E-state index contributed by atoms with van der Waals surface area (Å²) in [5.74, 6) is 0.211. The number of carbonyl (C=O) groups excluding carboxylic acids is 1. The number of carbonyl (C=O) groups is 1. The molecule has 1 aromatic rings. The van der Waals surface area contributed by atoms with Gasteiger partial charge in [-0.1, -0.05) is 6.07 Å². The third kappa shape index (κ3) is 4.36. The molecule has 0 radical (unpaired) electrons. The summed E-state index contributed by atoms with van der Waals surface area (Å²) >= 11 is 0. The minimum Gasteiger partial charge on any atom is -0.508 e. The molecule has 21 heavy (non-hydrogen) atoms. The van der Waals surface area contributed by atoms with Gasteiger partial charge in [0.1, 0.15) is 17.5 Å². The first-order chi connectivity index (χ1) is 9.74. The summed E-state index contributed by atoms with van der Waals surface area (Å²) in [6.45, 7) is 8.86. The van der Waals surface area contributed by atoms with E-state index >= 15 is 0 Å². The van der Waals surface area contributed by atoms with Crippen molar-refractivity contribution in [2.75, 3.05) is 19.7 Å². The summed E-state index contributed by atoms with van der Waals surface area (Å²) in [6, 6.07) is 5.33. The molecule has 0 unspecified atom stereocenters. The molecule has 116 valence electrons. The highest BCUT2D eigenvalue weighted by Crippen LogP contribution is 2.27. The number of nitrogens with zero attached hydrogens (tertiary/aromatic N) is 1. The van der Waals surface area contributed by atoms with Crippen molar-refractivity contribution in [3.63, 3.8) is 0 Å². The Bertz CT molecular complexity index is 501. The smallest absolute Gasteiger partial charge is 0.410 e. The Hall–Kier alpha value is -1.75. The molecule has 1 saturated heterocycles. The van der Waals surface area contributed by atoms with Gasteiger partial charge in [-0.3, -0.25) is 0 Å². The Morgan fingerprint density at radius 2 is 2.10 bits per heavy atom. The molecule has 1 aliphatic heterocycles. The molecule has 2 rings (SSSR count). The standard InChI is InChI=1S/C16H23NO4/c1-11-7-12(9-13(18)8-11)14-10-17(5-6-20-14)15(19)21-16(2,3)4/h7-9,14,18H,5-6,10H2,1-4H3/t14-/m1/s1. The zero-order chi connectivity index (χ0) is 15.6. The molecule has 5 nitrogen and oxygen atoms in total. The average molecular weight is 293 g/mol. The van der Waals surface area contributed by atoms with Crippen LogP contribution in [0.5, 0.6) is 5.75 Å². The van der Waals surface area contributed by atoms with E-state index in [-0.39, 0.29) is 17.9 Å². The first kappa shape index (κ1) is 15.6. The van der Waals surface area contributed by atoms with E-state index in [0.29, 0.717) is 19.7 Å². The lowest BCUT2D eigenvalue weighted by Gasteiger charge is -2.34. The maximum atomic E-state index is 12.1. The number of hydrogen-bond acceptors (Lipinski definition) is 4. The van der Waals surface area contributed by atoms with Crippen LogP contribution >= 0.6 is 0 Å². The molecule has 1 heterocycles. The maximum Gasteiger partial charge on any atom is 0.410 e. The van der Waals surface area contributed by atoms with Crippen molar-refractivity contribution >= 4 is 6.09 Å². The minimum atomic E-state index is -0.507. The van der Waals surface area contributed by atoms with Gasteiger partial charge in [0.25, 0.3) is 0 Å². The molecule has 1 N–H and O–H groups in total. The van der Waals surface area contributed by atoms with E-state index in [1.165, 1.54) is 0 Å². The number of aromatic hydroxyl groups is 1. The predicted molar refractivity (Wildman–Crippen MR) is 79.3 cm³/mol. The Morgan fingerprint density at radius 3 is 2.71 bits per heavy atom. The number of aryl methyl sites for hydroxylation is 1. The molecule has 1 amide bonds. The van der Waals surface area contributed by atoms with Crippen LogP contribution < -0.4 is 0 Å². The van der Waals surface area contributed by atoms with E-state index in [9.17, 15) is 9.90 Å². The fourth-order valence-corrected chi connectivity index (χ4v) is 2.32. The summed E-state index contributed by atoms with van der Waals surface area (Å²) in [4.78, 5) is 13.8. The molecule has 1 atom stereocenters. The topological polar surface area (TPSA) is 59.0 Å². The largest absolute Gasteiger partial charge is 0.508 e. The van der Waals surface area contributed by atoms with E-state index < -0.39 is 5.60 Å². The van der Waals surface area contributed by atoms with Crippen molar-refractivity contribution in [1.82, 2.24) is 4.90 Å². The van der Waals surface area contributed by atoms with Crippen LogP contribution in [0.4, 0.5) is 4.79 Å². The van der Waals surface area contributed by atoms with E-state index in [1.807, 2.05) is 33.8 Å². The van der Waals surface area contributed by atoms with Crippen LogP contribution in [0.1, 0.15) is 38.0 Å². The van der Waals surface area contributed by atoms with Crippen LogP contribution in [0.15, 0.2) is 18.2 Å². The van der Waals surface area contributed by atoms with Crippen molar-refractivity contribution in [3.8, 4) is 5.75 Å². The monoisotopic (exact) mass is 293 g/mol. The SMILES string of the molecule is Cc1cc(O)cc([C@H]2CN(C(=O)OC(C)(C)C)CCO2)c1. The molecule has 0 spiro atoms. The number of rotatable bonds is 1. The summed E-state index contributed by atoms with van der Waals surface area (Å²) < 4.78 is 11.1. The fraction of sp³-hybridized carbons (Fsp3) is 0.562. The van der Waals surface area contributed by atoms with Crippen molar-refractivity contribution in [3.05, 3.63) is 29.3 Å². The normalized spacial score (nSPS) is 19.4. The van der Waals surface area contributed by atoms with Gasteiger partial charge in [0.05, 0.1) is 13.2 Å². The molecule has 1 fully saturated rings. The number of ether oxygens (including phenoxy) is 2. The number of hydrogen-bond donors (Lipinski definition) is 1. The second-order valence-corrected chi connectivity index (χ2v) is 6.39. The zero-order valence-electron chi connectivity index (χ0n) is 13.0. The summed E-state index contributed by atoms with van der Waals surface area (Å²) in [7, 11) is 0. The second-order valence-electron chi connectivity index (χ2n) is 6.39. The second kappa shape index (κ2) is 5.93. The highest BCUT2D eigenvalue weighted by Gasteiger charge is 2.29. The van der Waals surface area contributed by atoms with Crippen LogP contribution in [0.2, 0.25) is 0 Å². The number of morpholine rings is 1. The number of benzene rings is 1. The van der Waals surface area contributed by atoms with Gasteiger partial charge in [-0.25, -0.2) is 4.79 Å². The van der Waals surface area contributed by atoms with Crippen LogP contribution in [0.25, 0.3) is 0 Å². The van der Waals surface area contributed by atoms with Gasteiger partial charge in [0.2, 0.25) is 0 Å². The van der Waals surface area contributed by atoms with Gasteiger partial charge in [0.15, 0.2) is 0 Å². The third-order valence-corrected chi connectivity index (χ3v) is 3.17. The highest BCUT2D eigenvalue weighted by atomic mass is 16.6. The zero-order valence-corrected chi connectivity index (χ0v) is 13.0. The van der Waals surface area contributed by atoms with Gasteiger partial charge in [0, 0.05) is 6.54 Å². The first-order valence-electron chi connectivity index (χ1n) is 7.15. The van der Waals surface area contributed by atoms with Gasteiger partial charge in [-0.15, -0.1) is 0 Å². The molecule has 1 aliphatic rings. The van der Waals surface area contributed by atoms with Crippen molar-refractivity contribution < 1.29 is 19.4 Å². The Labute approximate surface area is 125 Å². The molecule has 5 heteroatoms. The number of phenolic OH excluding ortho intramolecular Hbond substituents is 1. The molecular weight excluding hydrogens is 270 g/mol. The van der Waals surface area contributed by atoms with Crippen LogP contribution in [0, 0.1) is 6.92 Å². The van der Waals surface area contributed by atoms with Gasteiger partial charge >= 0.3 is 6.09 Å². The quantitative estimate of drug-likeness (QED) is 0.864. The minimum absolute atomic E-state index is 0.211. The van der Waals surface area contributed by atoms with Gasteiger partial charge in [-0.2, -0.15) is 0 Å². The molecule has 1 aromatic carbocycles. The van der Waals surface area contributed by atoms with Crippen LogP contribution in [-0.2, 0) is 9.47 Å². The predicted octanol–water partition coefficient (Wildman–Crippen LogP) is 3.01. The molecular formula is C16H23NO4. The Kier molecular flexibility index (Phi) is 4.42. The van der Waals surface area contributed by atoms with E-state index in [1.54, 1.807) is 17.0 Å². The van der Waals surface area contributed by atoms with Crippen molar-refractivity contribution in [1.29, 1.82) is 0 Å². The summed E-state index contributed by atoms with van der Waals surface area (Å²) in [6.07, 6.45) is -0.565. The Balaban J connectivity index is 2.08. The summed E-state index contributed by atoms with van der Waals surface area (Å²) in [5.41, 5.74) is 1.33. The summed E-state index contributed by atoms with van der Waals surface area (Å²) in [5, 5.41) is 9.69. The van der Waals surface area contributed by atoms with Gasteiger partial charge in [-0.05, 0) is 51.0 Å². The first-order valence-corrected chi connectivity index (χ1v) is 7.15. The molecule has 0 aliphatic carbocycles. The van der Waals surface area contributed by atoms with E-state index in [0.717, 1.165) is 11.1 Å². The van der Waals surface area contributed by atoms with Crippen LogP contribution in [-0.4, -0.2) is 41.4 Å². The van der Waals surface area contributed by atoms with Crippen molar-refractivity contribution in [2.45, 2.75) is 39.4 Å². The lowest BCUT2D eigenvalue weighted by atomic mass is 10.0. The number of phenols is 1. The lowest BCUT2D eigenvalue weighted by Crippen LogP contribution is -2.44.